The summed E-state index contributed by atoms with van der Waals surface area (Å²) in [6.07, 6.45) is 0. The lowest BCUT2D eigenvalue weighted by molar-refractivity contribution is 0.461. The maximum Gasteiger partial charge on any atom is 0.165 e. The average molecular weight is 403 g/mol. The Hall–Kier alpha value is -2.79. The van der Waals surface area contributed by atoms with E-state index in [0.29, 0.717) is 5.56 Å². The zero-order valence-electron chi connectivity index (χ0n) is 15.6. The lowest BCUT2D eigenvalue weighted by Crippen LogP contribution is -2.55. The van der Waals surface area contributed by atoms with Crippen molar-refractivity contribution in [3.8, 4) is 11.8 Å². The summed E-state index contributed by atoms with van der Waals surface area (Å²) in [6.45, 7) is 4.42. The van der Waals surface area contributed by atoms with Gasteiger partial charge in [-0.05, 0) is 63.1 Å². The summed E-state index contributed by atoms with van der Waals surface area (Å²) in [6, 6.07) is 8.12. The molecule has 1 atom stereocenters. The zero-order valence-corrected chi connectivity index (χ0v) is 16.4. The molecule has 0 spiro atoms. The molecule has 2 heterocycles. The van der Waals surface area contributed by atoms with Gasteiger partial charge in [0.15, 0.2) is 9.84 Å². The third kappa shape index (κ3) is 3.50. The van der Waals surface area contributed by atoms with E-state index < -0.39 is 31.7 Å². The van der Waals surface area contributed by atoms with Gasteiger partial charge in [-0.15, -0.1) is 0 Å². The molecular weight excluding hydrogens is 384 g/mol. The van der Waals surface area contributed by atoms with Crippen molar-refractivity contribution in [3.63, 3.8) is 0 Å². The van der Waals surface area contributed by atoms with Crippen molar-refractivity contribution in [2.75, 3.05) is 5.75 Å². The van der Waals surface area contributed by atoms with E-state index >= 15 is 0 Å². The molecule has 0 saturated heterocycles. The van der Waals surface area contributed by atoms with Crippen molar-refractivity contribution in [2.45, 2.75) is 31.1 Å². The molecule has 0 bridgehead atoms. The topological polar surface area (TPSA) is 85.4 Å². The number of amidine groups is 1. The Kier molecular flexibility index (Phi) is 4.76. The minimum absolute atomic E-state index is 0.0924. The van der Waals surface area contributed by atoms with Crippen LogP contribution in [0.25, 0.3) is 0 Å². The van der Waals surface area contributed by atoms with E-state index in [4.69, 9.17) is 5.73 Å². The Morgan fingerprint density at radius 2 is 1.68 bits per heavy atom. The van der Waals surface area contributed by atoms with Gasteiger partial charge in [-0.1, -0.05) is 5.92 Å². The number of hydrogen-bond acceptors (Lipinski definition) is 5. The van der Waals surface area contributed by atoms with Crippen LogP contribution in [0.3, 0.4) is 0 Å². The van der Waals surface area contributed by atoms with Gasteiger partial charge in [0.2, 0.25) is 0 Å². The van der Waals surface area contributed by atoms with Gasteiger partial charge in [0.05, 0.1) is 5.75 Å². The average Bonchev–Trinajstić information content (AvgIpc) is 2.60. The minimum Gasteiger partial charge on any atom is -0.386 e. The van der Waals surface area contributed by atoms with Gasteiger partial charge < -0.3 is 5.73 Å². The lowest BCUT2D eigenvalue weighted by Gasteiger charge is -2.37. The molecule has 5 nitrogen and oxygen atoms in total. The molecule has 2 N–H and O–H groups in total. The van der Waals surface area contributed by atoms with E-state index in [1.54, 1.807) is 0 Å². The monoisotopic (exact) mass is 403 g/mol. The fraction of sp³-hybridized carbons (Fsp3) is 0.300. The largest absolute Gasteiger partial charge is 0.386 e. The quantitative estimate of drug-likeness (QED) is 0.742. The van der Waals surface area contributed by atoms with Crippen LogP contribution >= 0.6 is 0 Å². The first-order chi connectivity index (χ1) is 12.9. The third-order valence-electron chi connectivity index (χ3n) is 4.77. The molecule has 0 fully saturated rings. The predicted octanol–water partition coefficient (Wildman–Crippen LogP) is 2.54. The van der Waals surface area contributed by atoms with Gasteiger partial charge in [-0.25, -0.2) is 22.2 Å². The summed E-state index contributed by atoms with van der Waals surface area (Å²) in [7, 11) is -3.69. The molecule has 0 radical (unpaired) electrons. The van der Waals surface area contributed by atoms with Gasteiger partial charge in [-0.3, -0.25) is 4.99 Å². The van der Waals surface area contributed by atoms with E-state index in [-0.39, 0.29) is 23.0 Å². The third-order valence-corrected chi connectivity index (χ3v) is 7.47. The summed E-state index contributed by atoms with van der Waals surface area (Å²) in [5.74, 6) is 3.99. The Morgan fingerprint density at radius 3 is 2.29 bits per heavy atom. The van der Waals surface area contributed by atoms with Crippen molar-refractivity contribution >= 4 is 15.7 Å². The molecule has 28 heavy (non-hydrogen) atoms. The van der Waals surface area contributed by atoms with E-state index in [1.165, 1.54) is 57.2 Å². The van der Waals surface area contributed by atoms with E-state index in [9.17, 15) is 17.2 Å². The second-order valence-electron chi connectivity index (χ2n) is 7.32. The Morgan fingerprint density at radius 1 is 1.04 bits per heavy atom. The van der Waals surface area contributed by atoms with Crippen LogP contribution in [0.2, 0.25) is 0 Å². The number of nitrogens with zero attached hydrogens (tertiary/aromatic N) is 2. The van der Waals surface area contributed by atoms with Crippen molar-refractivity contribution < 1.29 is 17.2 Å². The summed E-state index contributed by atoms with van der Waals surface area (Å²) >= 11 is 0. The van der Waals surface area contributed by atoms with Crippen molar-refractivity contribution in [2.24, 2.45) is 10.7 Å². The number of rotatable bonds is 1. The van der Waals surface area contributed by atoms with Crippen LogP contribution in [0.4, 0.5) is 8.78 Å². The fourth-order valence-corrected chi connectivity index (χ4v) is 4.49. The molecule has 2 aromatic rings. The van der Waals surface area contributed by atoms with Gasteiger partial charge in [0, 0.05) is 5.56 Å². The summed E-state index contributed by atoms with van der Waals surface area (Å²) < 4.78 is 51.5. The highest BCUT2D eigenvalue weighted by atomic mass is 32.2. The minimum atomic E-state index is -3.69. The van der Waals surface area contributed by atoms with Crippen LogP contribution < -0.4 is 5.73 Å². The SMILES string of the molecule is CC1(C)C(N)=N[C@](C)(c2nc(C#Cc3ccc(F)cc3)ccc2F)CS1(=O)=O. The van der Waals surface area contributed by atoms with Crippen molar-refractivity contribution in [1.82, 2.24) is 4.98 Å². The van der Waals surface area contributed by atoms with Crippen LogP contribution in [-0.2, 0) is 15.4 Å². The predicted molar refractivity (Wildman–Crippen MR) is 103 cm³/mol. The van der Waals surface area contributed by atoms with Crippen LogP contribution in [0.1, 0.15) is 37.7 Å². The molecule has 1 aromatic carbocycles. The first-order valence-corrected chi connectivity index (χ1v) is 10.1. The maximum atomic E-state index is 14.5. The molecule has 3 rings (SSSR count). The highest BCUT2D eigenvalue weighted by molar-refractivity contribution is 7.93. The highest BCUT2D eigenvalue weighted by Gasteiger charge is 2.50. The molecule has 8 heteroatoms. The first kappa shape index (κ1) is 20.0. The molecule has 0 saturated carbocycles. The number of sulfone groups is 1. The van der Waals surface area contributed by atoms with Gasteiger partial charge in [-0.2, -0.15) is 0 Å². The number of benzene rings is 1. The fourth-order valence-electron chi connectivity index (χ4n) is 2.82. The molecule has 1 aliphatic heterocycles. The molecule has 1 aliphatic rings. The number of halogens is 2. The zero-order chi connectivity index (χ0) is 20.7. The maximum absolute atomic E-state index is 14.5. The second kappa shape index (κ2) is 6.67. The first-order valence-electron chi connectivity index (χ1n) is 8.47. The number of nitrogens with two attached hydrogens (primary N) is 1. The number of hydrogen-bond donors (Lipinski definition) is 1. The summed E-state index contributed by atoms with van der Waals surface area (Å²) in [5, 5.41) is 0. The van der Waals surface area contributed by atoms with Crippen LogP contribution in [0, 0.1) is 23.5 Å². The van der Waals surface area contributed by atoms with Crippen LogP contribution in [-0.4, -0.2) is 29.7 Å². The van der Waals surface area contributed by atoms with Crippen LogP contribution in [0.15, 0.2) is 41.4 Å². The van der Waals surface area contributed by atoms with Crippen LogP contribution in [0.5, 0.6) is 0 Å². The molecular formula is C20H19F2N3O2S. The molecule has 1 aromatic heterocycles. The summed E-state index contributed by atoms with van der Waals surface area (Å²) in [4.78, 5) is 8.48. The number of aliphatic imine (C=N–C) groups is 1. The molecule has 0 unspecified atom stereocenters. The van der Waals surface area contributed by atoms with E-state index in [0.717, 1.165) is 0 Å². The number of aromatic nitrogens is 1. The Labute approximate surface area is 162 Å². The normalized spacial score (nSPS) is 22.7. The standard InChI is InChI=1S/C20H19F2N3O2S/c1-19(2)18(23)25-20(3,12-28(19,26)27)17-16(22)11-10-15(24-17)9-6-13-4-7-14(21)8-5-13/h4-5,7-8,10-11H,12H2,1-3H3,(H2,23,25)/t20-/m0/s1. The molecule has 0 aliphatic carbocycles. The smallest absolute Gasteiger partial charge is 0.165 e. The molecule has 0 amide bonds. The van der Waals surface area contributed by atoms with Crippen molar-refractivity contribution in [3.05, 3.63) is 65.0 Å². The van der Waals surface area contributed by atoms with E-state index in [2.05, 4.69) is 21.8 Å². The van der Waals surface area contributed by atoms with Gasteiger partial charge >= 0.3 is 0 Å². The lowest BCUT2D eigenvalue weighted by atomic mass is 9.98. The van der Waals surface area contributed by atoms with Gasteiger partial charge in [0.25, 0.3) is 0 Å². The number of pyridine rings is 1. The van der Waals surface area contributed by atoms with Gasteiger partial charge in [0.1, 0.15) is 39.1 Å². The second-order valence-corrected chi connectivity index (χ2v) is 9.86. The Balaban J connectivity index is 2.05. The van der Waals surface area contributed by atoms with Crippen molar-refractivity contribution in [1.29, 1.82) is 0 Å². The van der Waals surface area contributed by atoms with E-state index in [1.807, 2.05) is 0 Å². The Bertz CT molecular complexity index is 1130. The molecule has 146 valence electrons. The highest BCUT2D eigenvalue weighted by Crippen LogP contribution is 2.36. The summed E-state index contributed by atoms with van der Waals surface area (Å²) in [5.41, 5.74) is 5.09.